The molecule has 0 heterocycles. The Labute approximate surface area is 224 Å². The van der Waals surface area contributed by atoms with Crippen molar-refractivity contribution in [3.05, 3.63) is 74.3 Å². The predicted molar refractivity (Wildman–Crippen MR) is 123 cm³/mol. The van der Waals surface area contributed by atoms with E-state index in [2.05, 4.69) is 0 Å². The van der Waals surface area contributed by atoms with E-state index in [1.165, 1.54) is 12.2 Å². The van der Waals surface area contributed by atoms with E-state index < -0.39 is 83.6 Å². The van der Waals surface area contributed by atoms with Crippen molar-refractivity contribution in [2.24, 2.45) is 0 Å². The average Bonchev–Trinajstić information content (AvgIpc) is 2.80. The van der Waals surface area contributed by atoms with E-state index >= 15 is 0 Å². The van der Waals surface area contributed by atoms with Crippen LogP contribution in [-0.2, 0) is 11.0 Å². The number of halogens is 12. The van der Waals surface area contributed by atoms with Gasteiger partial charge < -0.3 is 5.32 Å². The predicted octanol–water partition coefficient (Wildman–Crippen LogP) is 8.62. The molecule has 2 rings (SSSR count). The summed E-state index contributed by atoms with van der Waals surface area (Å²) >= 11 is 11.7. The lowest BCUT2D eigenvalue weighted by Crippen LogP contribution is -2.33. The molecule has 3 nitrogen and oxygen atoms in total. The second-order valence-electron chi connectivity index (χ2n) is 8.24. The fraction of sp³-hybridized carbons (Fsp3) is 0.333. The van der Waals surface area contributed by atoms with Crippen LogP contribution < -0.4 is 5.32 Å². The lowest BCUT2D eigenvalue weighted by Gasteiger charge is -2.19. The van der Waals surface area contributed by atoms with Crippen molar-refractivity contribution in [1.29, 1.82) is 0 Å². The number of ketones is 1. The minimum atomic E-state index is -5.27. The van der Waals surface area contributed by atoms with E-state index in [4.69, 9.17) is 23.2 Å². The van der Waals surface area contributed by atoms with Crippen LogP contribution in [0, 0.1) is 6.92 Å². The second-order valence-corrected chi connectivity index (χ2v) is 9.03. The highest BCUT2D eigenvalue weighted by Gasteiger charge is 2.41. The monoisotopic (exact) mass is 611 g/mol. The van der Waals surface area contributed by atoms with Crippen LogP contribution >= 0.6 is 23.2 Å². The number of rotatable bonds is 8. The summed E-state index contributed by atoms with van der Waals surface area (Å²) in [4.78, 5) is 23.8. The molecule has 1 unspecified atom stereocenters. The van der Waals surface area contributed by atoms with Crippen LogP contribution in [0.2, 0.25) is 10.0 Å². The molecule has 0 spiro atoms. The maximum Gasteiger partial charge on any atom is 0.417 e. The van der Waals surface area contributed by atoms with Crippen LogP contribution in [0.15, 0.2) is 36.4 Å². The van der Waals surface area contributed by atoms with Gasteiger partial charge in [-0.15, -0.1) is 0 Å². The lowest BCUT2D eigenvalue weighted by atomic mass is 9.93. The minimum absolute atomic E-state index is 0.0426. The molecule has 0 fully saturated rings. The minimum Gasteiger partial charge on any atom is -0.347 e. The van der Waals surface area contributed by atoms with E-state index in [0.29, 0.717) is 12.1 Å². The van der Waals surface area contributed by atoms with Gasteiger partial charge in [-0.3, -0.25) is 9.59 Å². The molecule has 0 radical (unpaired) electrons. The Kier molecular flexibility index (Phi) is 10.1. The Hall–Kier alpha value is -2.80. The molecule has 0 aliphatic rings. The summed E-state index contributed by atoms with van der Waals surface area (Å²) in [7, 11) is 0. The lowest BCUT2D eigenvalue weighted by molar-refractivity contribution is -0.140. The first kappa shape index (κ1) is 32.4. The Bertz CT molecular complexity index is 1240. The Balaban J connectivity index is 2.41. The summed E-state index contributed by atoms with van der Waals surface area (Å²) in [5.74, 6) is -6.88. The largest absolute Gasteiger partial charge is 0.417 e. The normalized spacial score (nSPS) is 13.8. The van der Waals surface area contributed by atoms with Crippen molar-refractivity contribution in [2.75, 3.05) is 6.54 Å². The molecular formula is C24H17Cl2F10NO2. The Morgan fingerprint density at radius 1 is 0.949 bits per heavy atom. The molecule has 39 heavy (non-hydrogen) atoms. The van der Waals surface area contributed by atoms with Crippen LogP contribution in [-0.4, -0.2) is 30.6 Å². The van der Waals surface area contributed by atoms with Crippen molar-refractivity contribution in [3.63, 3.8) is 0 Å². The molecule has 1 amide bonds. The van der Waals surface area contributed by atoms with Gasteiger partial charge in [0.25, 0.3) is 0 Å². The SMILES string of the molecule is Cc1cc(C(/C=C(\F)c2ccc(C(=O)CCC(=O)NCC(F)(F)F)c(C(F)(F)F)c2)C(F)(F)F)cc(Cl)c1Cl. The molecule has 2 aromatic carbocycles. The number of alkyl halides is 9. The smallest absolute Gasteiger partial charge is 0.347 e. The summed E-state index contributed by atoms with van der Waals surface area (Å²) in [5.41, 5.74) is -4.09. The van der Waals surface area contributed by atoms with Crippen molar-refractivity contribution in [2.45, 2.75) is 44.2 Å². The molecular weight excluding hydrogens is 595 g/mol. The first-order valence-electron chi connectivity index (χ1n) is 10.7. The standard InChI is InChI=1S/C24H17Cl2F10NO2/c1-11-6-13(8-17(25)21(11)26)15(23(31,32)33)9-18(27)12-2-3-14(16(7-12)24(34,35)36)19(38)4-5-20(39)37-10-22(28,29)30/h2-3,6-9,15H,4-5,10H2,1H3,(H,37,39)/b18-9-. The first-order valence-corrected chi connectivity index (χ1v) is 11.4. The van der Waals surface area contributed by atoms with Gasteiger partial charge in [-0.05, 0) is 36.3 Å². The van der Waals surface area contributed by atoms with Crippen LogP contribution in [0.3, 0.4) is 0 Å². The van der Waals surface area contributed by atoms with Gasteiger partial charge in [0.2, 0.25) is 5.91 Å². The molecule has 214 valence electrons. The fourth-order valence-corrected chi connectivity index (χ4v) is 3.76. The van der Waals surface area contributed by atoms with Gasteiger partial charge in [0.1, 0.15) is 18.3 Å². The number of carbonyl (C=O) groups is 2. The summed E-state index contributed by atoms with van der Waals surface area (Å²) in [6.07, 6.45) is -16.9. The number of Topliss-reactive ketones (excluding diaryl/α,β-unsaturated/α-hetero) is 1. The Morgan fingerprint density at radius 2 is 1.56 bits per heavy atom. The van der Waals surface area contributed by atoms with E-state index in [9.17, 15) is 53.5 Å². The molecule has 15 heteroatoms. The van der Waals surface area contributed by atoms with Gasteiger partial charge in [0.05, 0.1) is 15.6 Å². The molecule has 1 atom stereocenters. The van der Waals surface area contributed by atoms with Crippen molar-refractivity contribution < 1.29 is 53.5 Å². The van der Waals surface area contributed by atoms with E-state index in [-0.39, 0.29) is 27.8 Å². The summed E-state index contributed by atoms with van der Waals surface area (Å²) in [5, 5.41) is 1.15. The molecule has 0 saturated carbocycles. The molecule has 1 N–H and O–H groups in total. The van der Waals surface area contributed by atoms with E-state index in [1.807, 2.05) is 0 Å². The first-order chi connectivity index (χ1) is 17.7. The highest BCUT2D eigenvalue weighted by molar-refractivity contribution is 6.42. The summed E-state index contributed by atoms with van der Waals surface area (Å²) < 4.78 is 134. The number of aryl methyl sites for hydroxylation is 1. The third-order valence-corrected chi connectivity index (χ3v) is 6.12. The number of amides is 1. The van der Waals surface area contributed by atoms with Crippen molar-refractivity contribution in [1.82, 2.24) is 5.32 Å². The highest BCUT2D eigenvalue weighted by atomic mass is 35.5. The van der Waals surface area contributed by atoms with Crippen molar-refractivity contribution in [3.8, 4) is 0 Å². The number of carbonyl (C=O) groups excluding carboxylic acids is 2. The number of hydrogen-bond donors (Lipinski definition) is 1. The van der Waals surface area contributed by atoms with Crippen molar-refractivity contribution >= 4 is 40.7 Å². The van der Waals surface area contributed by atoms with Gasteiger partial charge in [-0.25, -0.2) is 4.39 Å². The van der Waals surface area contributed by atoms with Gasteiger partial charge >= 0.3 is 18.5 Å². The maximum atomic E-state index is 14.9. The third-order valence-electron chi connectivity index (χ3n) is 5.22. The van der Waals surface area contributed by atoms with Gasteiger partial charge in [-0.1, -0.05) is 41.4 Å². The molecule has 0 aromatic heterocycles. The fourth-order valence-electron chi connectivity index (χ4n) is 3.37. The van der Waals surface area contributed by atoms with Gasteiger partial charge in [0, 0.05) is 24.0 Å². The topological polar surface area (TPSA) is 46.2 Å². The van der Waals surface area contributed by atoms with E-state index in [0.717, 1.165) is 12.1 Å². The highest BCUT2D eigenvalue weighted by Crippen LogP contribution is 2.42. The number of nitrogens with one attached hydrogen (secondary N) is 1. The maximum absolute atomic E-state index is 14.9. The zero-order valence-corrected chi connectivity index (χ0v) is 21.0. The quantitative estimate of drug-likeness (QED) is 0.240. The van der Waals surface area contributed by atoms with Gasteiger partial charge in [-0.2, -0.15) is 39.5 Å². The van der Waals surface area contributed by atoms with E-state index in [1.54, 1.807) is 0 Å². The van der Waals surface area contributed by atoms with Gasteiger partial charge in [0.15, 0.2) is 5.78 Å². The second kappa shape index (κ2) is 12.2. The Morgan fingerprint density at radius 3 is 2.08 bits per heavy atom. The number of hydrogen-bond acceptors (Lipinski definition) is 2. The van der Waals surface area contributed by atoms with Crippen LogP contribution in [0.1, 0.15) is 51.4 Å². The molecule has 0 aliphatic carbocycles. The molecule has 0 saturated heterocycles. The zero-order valence-electron chi connectivity index (χ0n) is 19.5. The summed E-state index contributed by atoms with van der Waals surface area (Å²) in [6, 6.07) is 3.09. The molecule has 2 aromatic rings. The number of benzene rings is 2. The van der Waals surface area contributed by atoms with Crippen LogP contribution in [0.5, 0.6) is 0 Å². The van der Waals surface area contributed by atoms with Crippen LogP contribution in [0.25, 0.3) is 5.83 Å². The summed E-state index contributed by atoms with van der Waals surface area (Å²) in [6.45, 7) is -0.370. The number of allylic oxidation sites excluding steroid dienone is 1. The van der Waals surface area contributed by atoms with Crippen LogP contribution in [0.4, 0.5) is 43.9 Å². The zero-order chi connectivity index (χ0) is 29.9. The third kappa shape index (κ3) is 9.13. The molecule has 0 aliphatic heterocycles. The average molecular weight is 612 g/mol. The molecule has 0 bridgehead atoms.